The van der Waals surface area contributed by atoms with Crippen LogP contribution in [0.3, 0.4) is 0 Å². The molecule has 0 aliphatic carbocycles. The summed E-state index contributed by atoms with van der Waals surface area (Å²) in [6.07, 6.45) is 1.54. The summed E-state index contributed by atoms with van der Waals surface area (Å²) in [6, 6.07) is 7.03. The number of benzene rings is 1. The Balaban J connectivity index is 2.17. The first kappa shape index (κ1) is 14.3. The molecular weight excluding hydrogens is 281 g/mol. The first-order valence-electron chi connectivity index (χ1n) is 6.06. The van der Waals surface area contributed by atoms with Gasteiger partial charge in [-0.05, 0) is 37.3 Å². The zero-order chi connectivity index (χ0) is 14.5. The van der Waals surface area contributed by atoms with Crippen LogP contribution in [0.15, 0.2) is 36.5 Å². The molecule has 20 heavy (non-hydrogen) atoms. The Morgan fingerprint density at radius 2 is 2.15 bits per heavy atom. The molecule has 1 aromatic heterocycles. The second-order valence-corrected chi connectivity index (χ2v) is 4.45. The lowest BCUT2D eigenvalue weighted by molar-refractivity contribution is 0.102. The van der Waals surface area contributed by atoms with Gasteiger partial charge in [-0.1, -0.05) is 11.6 Å². The van der Waals surface area contributed by atoms with Crippen molar-refractivity contribution in [3.8, 4) is 0 Å². The van der Waals surface area contributed by atoms with Crippen LogP contribution >= 0.6 is 11.6 Å². The maximum Gasteiger partial charge on any atom is 0.255 e. The summed E-state index contributed by atoms with van der Waals surface area (Å²) in [5.41, 5.74) is 0.802. The Morgan fingerprint density at radius 3 is 2.85 bits per heavy atom. The van der Waals surface area contributed by atoms with Crippen molar-refractivity contribution in [2.45, 2.75) is 6.92 Å². The molecule has 0 aliphatic rings. The molecule has 104 valence electrons. The summed E-state index contributed by atoms with van der Waals surface area (Å²) in [5.74, 6) is -0.170. The lowest BCUT2D eigenvalue weighted by Gasteiger charge is -2.08. The number of hydrogen-bond acceptors (Lipinski definition) is 3. The van der Waals surface area contributed by atoms with E-state index in [1.807, 2.05) is 6.92 Å². The highest BCUT2D eigenvalue weighted by Gasteiger charge is 2.10. The van der Waals surface area contributed by atoms with Crippen molar-refractivity contribution in [1.29, 1.82) is 0 Å². The number of pyridine rings is 1. The molecule has 0 bridgehead atoms. The quantitative estimate of drug-likeness (QED) is 0.906. The fourth-order valence-corrected chi connectivity index (χ4v) is 1.85. The third kappa shape index (κ3) is 3.45. The van der Waals surface area contributed by atoms with Crippen molar-refractivity contribution in [2.24, 2.45) is 0 Å². The highest BCUT2D eigenvalue weighted by molar-refractivity contribution is 6.33. The molecule has 2 rings (SSSR count). The average molecular weight is 294 g/mol. The molecule has 0 spiro atoms. The fraction of sp³-hybridized carbons (Fsp3) is 0.143. The molecule has 0 aliphatic heterocycles. The zero-order valence-corrected chi connectivity index (χ0v) is 11.5. The molecule has 0 saturated heterocycles. The predicted octanol–water partition coefficient (Wildman–Crippen LogP) is 3.56. The van der Waals surface area contributed by atoms with E-state index in [0.717, 1.165) is 6.07 Å². The Kier molecular flexibility index (Phi) is 4.53. The van der Waals surface area contributed by atoms with Gasteiger partial charge in [0.25, 0.3) is 5.91 Å². The standard InChI is InChI=1S/C14H13ClFN3O/c1-2-17-13-7-9(5-6-18-13)14(20)19-12-4-3-10(16)8-11(12)15/h3-8H,2H2,1H3,(H,17,18)(H,19,20). The number of carbonyl (C=O) groups excluding carboxylic acids is 1. The van der Waals surface area contributed by atoms with Crippen LogP contribution in [-0.2, 0) is 0 Å². The first-order valence-corrected chi connectivity index (χ1v) is 6.44. The van der Waals surface area contributed by atoms with Crippen LogP contribution in [-0.4, -0.2) is 17.4 Å². The number of amides is 1. The number of nitrogens with one attached hydrogen (secondary N) is 2. The number of carbonyl (C=O) groups is 1. The topological polar surface area (TPSA) is 54.0 Å². The second kappa shape index (κ2) is 6.34. The van der Waals surface area contributed by atoms with Gasteiger partial charge in [0.15, 0.2) is 0 Å². The van der Waals surface area contributed by atoms with Crippen molar-refractivity contribution in [2.75, 3.05) is 17.2 Å². The van der Waals surface area contributed by atoms with Gasteiger partial charge in [0.2, 0.25) is 0 Å². The third-order valence-corrected chi connectivity index (χ3v) is 2.87. The van der Waals surface area contributed by atoms with E-state index in [2.05, 4.69) is 15.6 Å². The van der Waals surface area contributed by atoms with E-state index in [1.165, 1.54) is 12.1 Å². The number of hydrogen-bond donors (Lipinski definition) is 2. The Hall–Kier alpha value is -2.14. The SMILES string of the molecule is CCNc1cc(C(=O)Nc2ccc(F)cc2Cl)ccn1. The third-order valence-electron chi connectivity index (χ3n) is 2.56. The number of aromatic nitrogens is 1. The molecule has 2 N–H and O–H groups in total. The summed E-state index contributed by atoms with van der Waals surface area (Å²) in [5, 5.41) is 5.80. The van der Waals surface area contributed by atoms with Gasteiger partial charge in [-0.25, -0.2) is 9.37 Å². The van der Waals surface area contributed by atoms with E-state index in [1.54, 1.807) is 18.3 Å². The number of rotatable bonds is 4. The summed E-state index contributed by atoms with van der Waals surface area (Å²) >= 11 is 5.86. The molecule has 0 saturated carbocycles. The minimum atomic E-state index is -0.452. The Bertz CT molecular complexity index is 634. The maximum absolute atomic E-state index is 12.9. The van der Waals surface area contributed by atoms with Gasteiger partial charge >= 0.3 is 0 Å². The molecule has 1 amide bonds. The minimum Gasteiger partial charge on any atom is -0.370 e. The molecule has 1 aromatic carbocycles. The fourth-order valence-electron chi connectivity index (χ4n) is 1.63. The van der Waals surface area contributed by atoms with Gasteiger partial charge in [-0.15, -0.1) is 0 Å². The lowest BCUT2D eigenvalue weighted by atomic mass is 10.2. The smallest absolute Gasteiger partial charge is 0.255 e. The summed E-state index contributed by atoms with van der Waals surface area (Å²) in [4.78, 5) is 16.2. The van der Waals surface area contributed by atoms with E-state index in [-0.39, 0.29) is 10.9 Å². The van der Waals surface area contributed by atoms with Crippen LogP contribution in [0, 0.1) is 5.82 Å². The van der Waals surface area contributed by atoms with E-state index < -0.39 is 5.82 Å². The Morgan fingerprint density at radius 1 is 1.35 bits per heavy atom. The molecule has 0 radical (unpaired) electrons. The summed E-state index contributed by atoms with van der Waals surface area (Å²) < 4.78 is 12.9. The first-order chi connectivity index (χ1) is 9.60. The molecule has 1 heterocycles. The van der Waals surface area contributed by atoms with Crippen LogP contribution in [0.5, 0.6) is 0 Å². The van der Waals surface area contributed by atoms with E-state index in [0.29, 0.717) is 23.6 Å². The number of nitrogens with zero attached hydrogens (tertiary/aromatic N) is 1. The van der Waals surface area contributed by atoms with Gasteiger partial charge < -0.3 is 10.6 Å². The normalized spacial score (nSPS) is 10.2. The van der Waals surface area contributed by atoms with Crippen molar-refractivity contribution in [1.82, 2.24) is 4.98 Å². The van der Waals surface area contributed by atoms with Crippen LogP contribution in [0.2, 0.25) is 5.02 Å². The van der Waals surface area contributed by atoms with Crippen molar-refractivity contribution in [3.63, 3.8) is 0 Å². The summed E-state index contributed by atoms with van der Waals surface area (Å²) in [6.45, 7) is 2.65. The van der Waals surface area contributed by atoms with Gasteiger partial charge in [0, 0.05) is 18.3 Å². The lowest BCUT2D eigenvalue weighted by Crippen LogP contribution is -2.13. The molecular formula is C14H13ClFN3O. The van der Waals surface area contributed by atoms with Crippen molar-refractivity contribution in [3.05, 3.63) is 52.9 Å². The van der Waals surface area contributed by atoms with Crippen LogP contribution in [0.4, 0.5) is 15.9 Å². The monoisotopic (exact) mass is 293 g/mol. The highest BCUT2D eigenvalue weighted by Crippen LogP contribution is 2.23. The second-order valence-electron chi connectivity index (χ2n) is 4.04. The van der Waals surface area contributed by atoms with Crippen LogP contribution in [0.25, 0.3) is 0 Å². The van der Waals surface area contributed by atoms with Gasteiger partial charge in [0.1, 0.15) is 11.6 Å². The van der Waals surface area contributed by atoms with E-state index in [4.69, 9.17) is 11.6 Å². The zero-order valence-electron chi connectivity index (χ0n) is 10.8. The van der Waals surface area contributed by atoms with E-state index >= 15 is 0 Å². The molecule has 6 heteroatoms. The van der Waals surface area contributed by atoms with Crippen molar-refractivity contribution >= 4 is 29.0 Å². The van der Waals surface area contributed by atoms with Gasteiger partial charge in [-0.2, -0.15) is 0 Å². The minimum absolute atomic E-state index is 0.152. The highest BCUT2D eigenvalue weighted by atomic mass is 35.5. The average Bonchev–Trinajstić information content (AvgIpc) is 2.42. The van der Waals surface area contributed by atoms with Crippen LogP contribution in [0.1, 0.15) is 17.3 Å². The maximum atomic E-state index is 12.9. The predicted molar refractivity (Wildman–Crippen MR) is 77.8 cm³/mol. The molecule has 0 atom stereocenters. The van der Waals surface area contributed by atoms with E-state index in [9.17, 15) is 9.18 Å². The number of halogens is 2. The largest absolute Gasteiger partial charge is 0.370 e. The molecule has 0 unspecified atom stereocenters. The van der Waals surface area contributed by atoms with Gasteiger partial charge in [0.05, 0.1) is 10.7 Å². The number of anilines is 2. The summed E-state index contributed by atoms with van der Waals surface area (Å²) in [7, 11) is 0. The molecule has 0 fully saturated rings. The van der Waals surface area contributed by atoms with Gasteiger partial charge in [-0.3, -0.25) is 4.79 Å². The van der Waals surface area contributed by atoms with Crippen LogP contribution < -0.4 is 10.6 Å². The molecule has 4 nitrogen and oxygen atoms in total. The van der Waals surface area contributed by atoms with Crippen molar-refractivity contribution < 1.29 is 9.18 Å². The molecule has 2 aromatic rings. The Labute approximate surface area is 121 Å².